The minimum atomic E-state index is 0.714. The summed E-state index contributed by atoms with van der Waals surface area (Å²) >= 11 is 7.44. The molecule has 0 unspecified atom stereocenters. The number of carbonyl (C=O) groups is 1. The van der Waals surface area contributed by atoms with E-state index in [-0.39, 0.29) is 0 Å². The third-order valence-corrected chi connectivity index (χ3v) is 3.31. The van der Waals surface area contributed by atoms with Crippen LogP contribution in [0.1, 0.15) is 15.2 Å². The molecule has 3 heteroatoms. The monoisotopic (exact) mass is 210 g/mol. The van der Waals surface area contributed by atoms with Crippen LogP contribution in [0.5, 0.6) is 0 Å². The second-order valence-corrected chi connectivity index (χ2v) is 4.52. The Labute approximate surface area is 84.9 Å². The molecule has 1 aromatic heterocycles. The van der Waals surface area contributed by atoms with Crippen LogP contribution in [0.3, 0.4) is 0 Å². The van der Waals surface area contributed by atoms with E-state index in [4.69, 9.17) is 11.6 Å². The van der Waals surface area contributed by atoms with Gasteiger partial charge in [-0.3, -0.25) is 4.79 Å². The van der Waals surface area contributed by atoms with Crippen molar-refractivity contribution in [3.63, 3.8) is 0 Å². The molecule has 0 radical (unpaired) electrons. The fourth-order valence-corrected chi connectivity index (χ4v) is 2.67. The number of aryl methyl sites for hydroxylation is 1. The lowest BCUT2D eigenvalue weighted by molar-refractivity contribution is 0.112. The van der Waals surface area contributed by atoms with Crippen molar-refractivity contribution in [2.24, 2.45) is 0 Å². The first-order valence-electron chi connectivity index (χ1n) is 3.86. The first-order chi connectivity index (χ1) is 6.22. The van der Waals surface area contributed by atoms with Crippen molar-refractivity contribution >= 4 is 39.3 Å². The number of hydrogen-bond acceptors (Lipinski definition) is 2. The van der Waals surface area contributed by atoms with Crippen LogP contribution in [0.15, 0.2) is 18.2 Å². The van der Waals surface area contributed by atoms with E-state index in [2.05, 4.69) is 0 Å². The van der Waals surface area contributed by atoms with E-state index < -0.39 is 0 Å². The molecule has 0 saturated carbocycles. The molecular formula is C10H7ClOS. The highest BCUT2D eigenvalue weighted by Crippen LogP contribution is 2.31. The van der Waals surface area contributed by atoms with E-state index in [1.165, 1.54) is 0 Å². The standard InChI is InChI=1S/C10H7ClOS/c1-6-9(5-12)8-3-2-7(11)4-10(8)13-6/h2-5H,1H3. The molecule has 0 saturated heterocycles. The quantitative estimate of drug-likeness (QED) is 0.657. The Hall–Kier alpha value is -0.860. The summed E-state index contributed by atoms with van der Waals surface area (Å²) in [6.45, 7) is 1.95. The fraction of sp³-hybridized carbons (Fsp3) is 0.100. The summed E-state index contributed by atoms with van der Waals surface area (Å²) in [5.74, 6) is 0. The highest BCUT2D eigenvalue weighted by atomic mass is 35.5. The average Bonchev–Trinajstić information content (AvgIpc) is 2.39. The zero-order valence-corrected chi connectivity index (χ0v) is 8.58. The van der Waals surface area contributed by atoms with Crippen molar-refractivity contribution < 1.29 is 4.79 Å². The number of aldehydes is 1. The van der Waals surface area contributed by atoms with Crippen LogP contribution >= 0.6 is 22.9 Å². The molecule has 0 atom stereocenters. The van der Waals surface area contributed by atoms with Crippen LogP contribution in [0.25, 0.3) is 10.1 Å². The Morgan fingerprint density at radius 3 is 2.92 bits per heavy atom. The fourth-order valence-electron chi connectivity index (χ4n) is 1.36. The summed E-state index contributed by atoms with van der Waals surface area (Å²) in [7, 11) is 0. The maximum atomic E-state index is 10.8. The molecular weight excluding hydrogens is 204 g/mol. The van der Waals surface area contributed by atoms with Gasteiger partial charge in [-0.2, -0.15) is 0 Å². The van der Waals surface area contributed by atoms with Gasteiger partial charge >= 0.3 is 0 Å². The van der Waals surface area contributed by atoms with Crippen LogP contribution in [0.2, 0.25) is 5.02 Å². The van der Waals surface area contributed by atoms with E-state index in [9.17, 15) is 4.79 Å². The number of fused-ring (bicyclic) bond motifs is 1. The van der Waals surface area contributed by atoms with Crippen LogP contribution in [0, 0.1) is 6.92 Å². The van der Waals surface area contributed by atoms with E-state index in [0.29, 0.717) is 5.02 Å². The molecule has 0 aliphatic heterocycles. The molecule has 0 N–H and O–H groups in total. The third kappa shape index (κ3) is 1.36. The Bertz CT molecular complexity index is 473. The maximum absolute atomic E-state index is 10.8. The Balaban J connectivity index is 2.86. The predicted octanol–water partition coefficient (Wildman–Crippen LogP) is 3.68. The van der Waals surface area contributed by atoms with Gasteiger partial charge in [-0.1, -0.05) is 17.7 Å². The van der Waals surface area contributed by atoms with Crippen molar-refractivity contribution in [1.82, 2.24) is 0 Å². The van der Waals surface area contributed by atoms with Crippen molar-refractivity contribution in [3.8, 4) is 0 Å². The first-order valence-corrected chi connectivity index (χ1v) is 5.05. The molecule has 0 amide bonds. The van der Waals surface area contributed by atoms with Crippen LogP contribution < -0.4 is 0 Å². The normalized spacial score (nSPS) is 10.6. The lowest BCUT2D eigenvalue weighted by Crippen LogP contribution is -1.77. The molecule has 2 rings (SSSR count). The summed E-state index contributed by atoms with van der Waals surface area (Å²) in [4.78, 5) is 11.8. The third-order valence-electron chi connectivity index (χ3n) is 1.99. The van der Waals surface area contributed by atoms with E-state index >= 15 is 0 Å². The van der Waals surface area contributed by atoms with Gasteiger partial charge in [0, 0.05) is 25.5 Å². The summed E-state index contributed by atoms with van der Waals surface area (Å²) in [5, 5.41) is 1.72. The molecule has 0 aliphatic rings. The van der Waals surface area contributed by atoms with Gasteiger partial charge < -0.3 is 0 Å². The van der Waals surface area contributed by atoms with Crippen LogP contribution in [-0.2, 0) is 0 Å². The van der Waals surface area contributed by atoms with Gasteiger partial charge in [-0.15, -0.1) is 11.3 Å². The minimum absolute atomic E-state index is 0.714. The van der Waals surface area contributed by atoms with Gasteiger partial charge in [0.05, 0.1) is 0 Å². The molecule has 66 valence electrons. The summed E-state index contributed by atoms with van der Waals surface area (Å²) in [6.07, 6.45) is 0.905. The zero-order chi connectivity index (χ0) is 9.42. The molecule has 2 aromatic rings. The van der Waals surface area contributed by atoms with Gasteiger partial charge in [0.15, 0.2) is 6.29 Å². The SMILES string of the molecule is Cc1sc2cc(Cl)ccc2c1C=O. The second kappa shape index (κ2) is 3.13. The van der Waals surface area contributed by atoms with Crippen molar-refractivity contribution in [2.75, 3.05) is 0 Å². The largest absolute Gasteiger partial charge is 0.298 e. The smallest absolute Gasteiger partial charge is 0.151 e. The van der Waals surface area contributed by atoms with Crippen molar-refractivity contribution in [3.05, 3.63) is 33.7 Å². The predicted molar refractivity (Wildman–Crippen MR) is 57.0 cm³/mol. The molecule has 1 heterocycles. The average molecular weight is 211 g/mol. The van der Waals surface area contributed by atoms with E-state index in [0.717, 1.165) is 26.8 Å². The van der Waals surface area contributed by atoms with Gasteiger partial charge in [0.2, 0.25) is 0 Å². The maximum Gasteiger partial charge on any atom is 0.151 e. The molecule has 13 heavy (non-hydrogen) atoms. The van der Waals surface area contributed by atoms with Gasteiger partial charge in [0.25, 0.3) is 0 Å². The zero-order valence-electron chi connectivity index (χ0n) is 7.00. The topological polar surface area (TPSA) is 17.1 Å². The van der Waals surface area contributed by atoms with Crippen LogP contribution in [-0.4, -0.2) is 6.29 Å². The lowest BCUT2D eigenvalue weighted by Gasteiger charge is -1.90. The lowest BCUT2D eigenvalue weighted by atomic mass is 10.1. The highest BCUT2D eigenvalue weighted by Gasteiger charge is 2.07. The van der Waals surface area contributed by atoms with E-state index in [1.807, 2.05) is 25.1 Å². The number of benzene rings is 1. The van der Waals surface area contributed by atoms with E-state index in [1.54, 1.807) is 11.3 Å². The Morgan fingerprint density at radius 1 is 1.46 bits per heavy atom. The highest BCUT2D eigenvalue weighted by molar-refractivity contribution is 7.19. The van der Waals surface area contributed by atoms with Gasteiger partial charge in [0.1, 0.15) is 0 Å². The Morgan fingerprint density at radius 2 is 2.23 bits per heavy atom. The number of hydrogen-bond donors (Lipinski definition) is 0. The first kappa shape index (κ1) is 8.73. The Kier molecular flexibility index (Phi) is 2.10. The number of carbonyl (C=O) groups excluding carboxylic acids is 1. The molecule has 0 aliphatic carbocycles. The van der Waals surface area contributed by atoms with Gasteiger partial charge in [-0.05, 0) is 19.1 Å². The van der Waals surface area contributed by atoms with Gasteiger partial charge in [-0.25, -0.2) is 0 Å². The number of rotatable bonds is 1. The molecule has 0 bridgehead atoms. The molecule has 1 aromatic carbocycles. The summed E-state index contributed by atoms with van der Waals surface area (Å²) in [5.41, 5.74) is 0.789. The molecule has 0 fully saturated rings. The minimum Gasteiger partial charge on any atom is -0.298 e. The summed E-state index contributed by atoms with van der Waals surface area (Å²) in [6, 6.07) is 5.59. The number of halogens is 1. The molecule has 1 nitrogen and oxygen atoms in total. The van der Waals surface area contributed by atoms with Crippen molar-refractivity contribution in [2.45, 2.75) is 6.92 Å². The summed E-state index contributed by atoms with van der Waals surface area (Å²) < 4.78 is 1.08. The van der Waals surface area contributed by atoms with Crippen molar-refractivity contribution in [1.29, 1.82) is 0 Å². The number of thiophene rings is 1. The second-order valence-electron chi connectivity index (χ2n) is 2.83. The molecule has 0 spiro atoms. The van der Waals surface area contributed by atoms with Crippen LogP contribution in [0.4, 0.5) is 0 Å².